The molecule has 7 heteroatoms. The number of aliphatic carboxylic acids is 1. The predicted molar refractivity (Wildman–Crippen MR) is 128 cm³/mol. The first-order valence-electron chi connectivity index (χ1n) is 10.5. The maximum absolute atomic E-state index is 12.9. The van der Waals surface area contributed by atoms with Gasteiger partial charge in [0.05, 0.1) is 5.69 Å². The molecule has 0 saturated carbocycles. The third kappa shape index (κ3) is 4.67. The molecule has 0 atom stereocenters. The summed E-state index contributed by atoms with van der Waals surface area (Å²) in [6.07, 6.45) is 4.99. The summed E-state index contributed by atoms with van der Waals surface area (Å²) in [4.78, 5) is 40.1. The second-order valence-corrected chi connectivity index (χ2v) is 8.10. The normalized spacial score (nSPS) is 11.0. The van der Waals surface area contributed by atoms with Crippen molar-refractivity contribution in [3.05, 3.63) is 94.7 Å². The molecule has 166 valence electrons. The number of benzene rings is 2. The fourth-order valence-electron chi connectivity index (χ4n) is 3.86. The van der Waals surface area contributed by atoms with Crippen LogP contribution in [-0.4, -0.2) is 26.5 Å². The molecule has 0 unspecified atom stereocenters. The van der Waals surface area contributed by atoms with Crippen LogP contribution in [0.2, 0.25) is 0 Å². The van der Waals surface area contributed by atoms with E-state index in [0.717, 1.165) is 26.5 Å². The number of fused-ring (bicyclic) bond motifs is 1. The molecule has 2 aromatic heterocycles. The lowest BCUT2D eigenvalue weighted by molar-refractivity contribution is -0.137. The maximum atomic E-state index is 12.9. The zero-order valence-electron chi connectivity index (χ0n) is 18.3. The number of carbonyl (C=O) groups excluding carboxylic acids is 1. The number of carbonyl (C=O) groups is 2. The lowest BCUT2D eigenvalue weighted by Crippen LogP contribution is -2.24. The Morgan fingerprint density at radius 2 is 1.82 bits per heavy atom. The van der Waals surface area contributed by atoms with Gasteiger partial charge in [-0.1, -0.05) is 44.2 Å². The molecule has 0 aliphatic rings. The standard InChI is InChI=1S/C26H23N3O4/c1-16(2)20-7-4-8-21-22(12-27-13-23(20)21)17-5-3-6-18(11-17)26(33)28-19-9-10-24(30)29(14-19)15-25(31)32/h3-14,16H,15H2,1-2H3,(H,28,33)(H,31,32). The number of hydrogen-bond acceptors (Lipinski definition) is 4. The molecule has 2 heterocycles. The number of aromatic nitrogens is 2. The Labute approximate surface area is 190 Å². The second-order valence-electron chi connectivity index (χ2n) is 8.10. The van der Waals surface area contributed by atoms with Crippen molar-refractivity contribution < 1.29 is 14.7 Å². The Hall–Kier alpha value is -4.26. The van der Waals surface area contributed by atoms with E-state index < -0.39 is 18.1 Å². The number of rotatable bonds is 6. The summed E-state index contributed by atoms with van der Waals surface area (Å²) in [6.45, 7) is 3.81. The number of nitrogens with zero attached hydrogens (tertiary/aromatic N) is 2. The number of carboxylic acids is 1. The SMILES string of the molecule is CC(C)c1cccc2c(-c3cccc(C(=O)Nc4ccc(=O)n(CC(=O)O)c4)c3)cncc12. The minimum Gasteiger partial charge on any atom is -0.480 e. The highest BCUT2D eigenvalue weighted by Crippen LogP contribution is 2.32. The van der Waals surface area contributed by atoms with Crippen LogP contribution in [0.3, 0.4) is 0 Å². The number of anilines is 1. The van der Waals surface area contributed by atoms with E-state index in [4.69, 9.17) is 5.11 Å². The van der Waals surface area contributed by atoms with E-state index in [1.165, 1.54) is 23.9 Å². The van der Waals surface area contributed by atoms with Crippen molar-refractivity contribution in [2.45, 2.75) is 26.3 Å². The van der Waals surface area contributed by atoms with Crippen LogP contribution in [0.15, 0.2) is 78.0 Å². The van der Waals surface area contributed by atoms with E-state index in [1.807, 2.05) is 18.3 Å². The van der Waals surface area contributed by atoms with E-state index in [2.05, 4.69) is 36.3 Å². The summed E-state index contributed by atoms with van der Waals surface area (Å²) in [5, 5.41) is 13.8. The number of hydrogen-bond donors (Lipinski definition) is 2. The first kappa shape index (κ1) is 22.0. The summed E-state index contributed by atoms with van der Waals surface area (Å²) < 4.78 is 1.03. The fourth-order valence-corrected chi connectivity index (χ4v) is 3.86. The molecule has 33 heavy (non-hydrogen) atoms. The third-order valence-corrected chi connectivity index (χ3v) is 5.44. The van der Waals surface area contributed by atoms with Crippen molar-refractivity contribution >= 4 is 28.3 Å². The Morgan fingerprint density at radius 1 is 1.03 bits per heavy atom. The summed E-state index contributed by atoms with van der Waals surface area (Å²) in [6, 6.07) is 16.1. The summed E-state index contributed by atoms with van der Waals surface area (Å²) in [7, 11) is 0. The van der Waals surface area contributed by atoms with Gasteiger partial charge in [0, 0.05) is 41.2 Å². The first-order chi connectivity index (χ1) is 15.8. The van der Waals surface area contributed by atoms with Crippen LogP contribution in [-0.2, 0) is 11.3 Å². The van der Waals surface area contributed by atoms with Gasteiger partial charge in [-0.25, -0.2) is 0 Å². The molecular weight excluding hydrogens is 418 g/mol. The van der Waals surface area contributed by atoms with Gasteiger partial charge in [-0.05, 0) is 40.6 Å². The highest BCUT2D eigenvalue weighted by Gasteiger charge is 2.13. The molecule has 4 aromatic rings. The van der Waals surface area contributed by atoms with Gasteiger partial charge in [0.2, 0.25) is 0 Å². The summed E-state index contributed by atoms with van der Waals surface area (Å²) >= 11 is 0. The molecule has 0 radical (unpaired) electrons. The Bertz CT molecular complexity index is 1420. The zero-order chi connectivity index (χ0) is 23.5. The van der Waals surface area contributed by atoms with Gasteiger partial charge in [0.15, 0.2) is 0 Å². The van der Waals surface area contributed by atoms with Crippen LogP contribution in [0.4, 0.5) is 5.69 Å². The van der Waals surface area contributed by atoms with Crippen LogP contribution in [0.1, 0.15) is 35.7 Å². The van der Waals surface area contributed by atoms with E-state index in [1.54, 1.807) is 24.4 Å². The summed E-state index contributed by atoms with van der Waals surface area (Å²) in [5.41, 5.74) is 3.31. The van der Waals surface area contributed by atoms with Gasteiger partial charge >= 0.3 is 5.97 Å². The van der Waals surface area contributed by atoms with Crippen molar-refractivity contribution in [3.8, 4) is 11.1 Å². The molecule has 2 aromatic carbocycles. The Balaban J connectivity index is 1.67. The van der Waals surface area contributed by atoms with Gasteiger partial charge in [-0.2, -0.15) is 0 Å². The lowest BCUT2D eigenvalue weighted by atomic mass is 9.93. The van der Waals surface area contributed by atoms with Crippen molar-refractivity contribution in [2.75, 3.05) is 5.32 Å². The molecule has 0 spiro atoms. The zero-order valence-corrected chi connectivity index (χ0v) is 18.3. The molecular formula is C26H23N3O4. The molecule has 0 fully saturated rings. The Kier molecular flexibility index (Phi) is 6.04. The lowest BCUT2D eigenvalue weighted by Gasteiger charge is -2.13. The molecule has 0 bridgehead atoms. The average Bonchev–Trinajstić information content (AvgIpc) is 2.80. The molecule has 1 amide bonds. The van der Waals surface area contributed by atoms with E-state index in [0.29, 0.717) is 17.2 Å². The number of carboxylic acid groups (broad SMARTS) is 1. The van der Waals surface area contributed by atoms with Crippen molar-refractivity contribution in [2.24, 2.45) is 0 Å². The van der Waals surface area contributed by atoms with Gasteiger partial charge in [0.1, 0.15) is 6.54 Å². The molecule has 0 aliphatic heterocycles. The van der Waals surface area contributed by atoms with Crippen LogP contribution in [0.5, 0.6) is 0 Å². The largest absolute Gasteiger partial charge is 0.480 e. The molecule has 0 saturated heterocycles. The topological polar surface area (TPSA) is 101 Å². The van der Waals surface area contributed by atoms with Crippen LogP contribution >= 0.6 is 0 Å². The van der Waals surface area contributed by atoms with Gasteiger partial charge in [-0.3, -0.25) is 19.4 Å². The molecule has 0 aliphatic carbocycles. The van der Waals surface area contributed by atoms with Gasteiger partial charge in [-0.15, -0.1) is 0 Å². The smallest absolute Gasteiger partial charge is 0.323 e. The van der Waals surface area contributed by atoms with E-state index >= 15 is 0 Å². The van der Waals surface area contributed by atoms with Crippen molar-refractivity contribution in [1.29, 1.82) is 0 Å². The minimum absolute atomic E-state index is 0.333. The second kappa shape index (κ2) is 9.08. The monoisotopic (exact) mass is 441 g/mol. The fraction of sp³-hybridized carbons (Fsp3) is 0.154. The number of nitrogens with one attached hydrogen (secondary N) is 1. The van der Waals surface area contributed by atoms with E-state index in [-0.39, 0.29) is 5.91 Å². The van der Waals surface area contributed by atoms with E-state index in [9.17, 15) is 14.4 Å². The third-order valence-electron chi connectivity index (χ3n) is 5.44. The first-order valence-corrected chi connectivity index (χ1v) is 10.5. The van der Waals surface area contributed by atoms with Gasteiger partial charge in [0.25, 0.3) is 11.5 Å². The van der Waals surface area contributed by atoms with Crippen LogP contribution in [0, 0.1) is 0 Å². The van der Waals surface area contributed by atoms with Crippen LogP contribution in [0.25, 0.3) is 21.9 Å². The quantitative estimate of drug-likeness (QED) is 0.458. The average molecular weight is 441 g/mol. The predicted octanol–water partition coefficient (Wildman–Crippen LogP) is 4.52. The molecule has 7 nitrogen and oxygen atoms in total. The Morgan fingerprint density at radius 3 is 2.58 bits per heavy atom. The number of pyridine rings is 2. The molecule has 4 rings (SSSR count). The van der Waals surface area contributed by atoms with Gasteiger partial charge < -0.3 is 15.0 Å². The highest BCUT2D eigenvalue weighted by molar-refractivity contribution is 6.06. The van der Waals surface area contributed by atoms with Crippen LogP contribution < -0.4 is 10.9 Å². The number of amides is 1. The maximum Gasteiger partial charge on any atom is 0.323 e. The molecule has 2 N–H and O–H groups in total. The minimum atomic E-state index is -1.14. The van der Waals surface area contributed by atoms with Crippen molar-refractivity contribution in [3.63, 3.8) is 0 Å². The van der Waals surface area contributed by atoms with Crippen molar-refractivity contribution in [1.82, 2.24) is 9.55 Å². The summed E-state index contributed by atoms with van der Waals surface area (Å²) in [5.74, 6) is -1.15. The highest BCUT2D eigenvalue weighted by atomic mass is 16.4.